The lowest BCUT2D eigenvalue weighted by atomic mass is 10.1. The molecule has 28 heavy (non-hydrogen) atoms. The molecule has 1 unspecified atom stereocenters. The molecule has 0 saturated heterocycles. The highest BCUT2D eigenvalue weighted by molar-refractivity contribution is 7.90. The fourth-order valence-electron chi connectivity index (χ4n) is 2.62. The van der Waals surface area contributed by atoms with E-state index in [1.807, 2.05) is 0 Å². The van der Waals surface area contributed by atoms with Crippen LogP contribution in [0.5, 0.6) is 0 Å². The number of halogens is 4. The minimum Gasteiger partial charge on any atom is -0.355 e. The molecule has 2 aromatic heterocycles. The lowest BCUT2D eigenvalue weighted by Gasteiger charge is -2.19. The van der Waals surface area contributed by atoms with Gasteiger partial charge in [-0.25, -0.2) is 22.8 Å². The molecule has 148 valence electrons. The molecule has 3 rings (SSSR count). The van der Waals surface area contributed by atoms with Gasteiger partial charge in [-0.1, -0.05) is 29.3 Å². The number of sulfone groups is 1. The molecule has 0 bridgehead atoms. The second kappa shape index (κ2) is 7.65. The van der Waals surface area contributed by atoms with Crippen LogP contribution < -0.4 is 5.32 Å². The van der Waals surface area contributed by atoms with Crippen molar-refractivity contribution in [2.75, 3.05) is 11.6 Å². The molecule has 2 heterocycles. The van der Waals surface area contributed by atoms with Gasteiger partial charge in [0, 0.05) is 6.26 Å². The molecule has 0 aliphatic rings. The van der Waals surface area contributed by atoms with Crippen LogP contribution in [0.4, 0.5) is 14.6 Å². The molecule has 0 spiro atoms. The van der Waals surface area contributed by atoms with E-state index in [4.69, 9.17) is 23.2 Å². The van der Waals surface area contributed by atoms with Gasteiger partial charge in [-0.2, -0.15) is 4.39 Å². The fraction of sp³-hybridized carbons (Fsp3) is 0.176. The van der Waals surface area contributed by atoms with Gasteiger partial charge in [-0.05, 0) is 36.8 Å². The first kappa shape index (κ1) is 20.5. The van der Waals surface area contributed by atoms with Crippen molar-refractivity contribution in [2.45, 2.75) is 18.0 Å². The van der Waals surface area contributed by atoms with Gasteiger partial charge in [-0.3, -0.25) is 0 Å². The summed E-state index contributed by atoms with van der Waals surface area (Å²) in [5, 5.41) is 2.76. The zero-order chi connectivity index (χ0) is 20.6. The van der Waals surface area contributed by atoms with Crippen molar-refractivity contribution >= 4 is 38.9 Å². The first-order valence-electron chi connectivity index (χ1n) is 7.86. The molecular weight excluding hydrogens is 433 g/mol. The summed E-state index contributed by atoms with van der Waals surface area (Å²) in [4.78, 5) is 10.7. The van der Waals surface area contributed by atoms with Crippen molar-refractivity contribution in [3.63, 3.8) is 0 Å². The highest BCUT2D eigenvalue weighted by Crippen LogP contribution is 2.31. The molecule has 1 atom stereocenters. The summed E-state index contributed by atoms with van der Waals surface area (Å²) in [6.45, 7) is 1.55. The first-order valence-corrected chi connectivity index (χ1v) is 10.5. The minimum atomic E-state index is -3.59. The van der Waals surface area contributed by atoms with E-state index in [-0.39, 0.29) is 26.7 Å². The molecule has 0 aliphatic heterocycles. The van der Waals surface area contributed by atoms with Gasteiger partial charge in [0.2, 0.25) is 5.95 Å². The summed E-state index contributed by atoms with van der Waals surface area (Å²) in [7, 11) is -3.59. The third-order valence-corrected chi connectivity index (χ3v) is 5.55. The Kier molecular flexibility index (Phi) is 5.60. The minimum absolute atomic E-state index is 0.00192. The topological polar surface area (TPSA) is 87.7 Å². The van der Waals surface area contributed by atoms with Crippen LogP contribution in [0, 0.1) is 18.7 Å². The standard InChI is InChI=1S/C17H14Cl2F2N4O2S/c1-8-17(28(2,26)27)25-16(22-8)14(9-3-5-12(20)11(19)7-9)24-15-10(18)4-6-13(21)23-15/h3-7,14H,1-2H3,(H,22,25)(H,23,24). The summed E-state index contributed by atoms with van der Waals surface area (Å²) in [5.41, 5.74) is 0.748. The van der Waals surface area contributed by atoms with Crippen molar-refractivity contribution in [3.8, 4) is 0 Å². The summed E-state index contributed by atoms with van der Waals surface area (Å²) >= 11 is 12.0. The number of benzene rings is 1. The number of hydrogen-bond acceptors (Lipinski definition) is 5. The van der Waals surface area contributed by atoms with Gasteiger partial charge >= 0.3 is 0 Å². The van der Waals surface area contributed by atoms with Gasteiger partial charge in [0.1, 0.15) is 23.5 Å². The van der Waals surface area contributed by atoms with Gasteiger partial charge in [0.15, 0.2) is 14.9 Å². The van der Waals surface area contributed by atoms with Crippen LogP contribution in [0.25, 0.3) is 0 Å². The Morgan fingerprint density at radius 1 is 1.11 bits per heavy atom. The normalized spacial score (nSPS) is 12.8. The molecule has 2 N–H and O–H groups in total. The number of aromatic nitrogens is 3. The average molecular weight is 447 g/mol. The first-order chi connectivity index (χ1) is 13.1. The smallest absolute Gasteiger partial charge is 0.214 e. The van der Waals surface area contributed by atoms with Crippen molar-refractivity contribution in [3.05, 3.63) is 69.2 Å². The van der Waals surface area contributed by atoms with E-state index in [0.29, 0.717) is 11.3 Å². The number of imidazole rings is 1. The third kappa shape index (κ3) is 4.26. The van der Waals surface area contributed by atoms with Gasteiger partial charge in [-0.15, -0.1) is 0 Å². The van der Waals surface area contributed by atoms with E-state index in [9.17, 15) is 17.2 Å². The van der Waals surface area contributed by atoms with Crippen molar-refractivity contribution < 1.29 is 17.2 Å². The Morgan fingerprint density at radius 2 is 1.82 bits per heavy atom. The van der Waals surface area contributed by atoms with E-state index >= 15 is 0 Å². The van der Waals surface area contributed by atoms with E-state index in [1.54, 1.807) is 6.92 Å². The maximum atomic E-state index is 13.6. The molecule has 0 aliphatic carbocycles. The number of aryl methyl sites for hydroxylation is 1. The van der Waals surface area contributed by atoms with Crippen LogP contribution in [-0.2, 0) is 9.84 Å². The van der Waals surface area contributed by atoms with Crippen LogP contribution in [0.1, 0.15) is 23.1 Å². The Hall–Kier alpha value is -2.23. The average Bonchev–Trinajstić information content (AvgIpc) is 3.00. The highest BCUT2D eigenvalue weighted by atomic mass is 35.5. The molecule has 0 saturated carbocycles. The number of H-pyrrole nitrogens is 1. The number of rotatable bonds is 5. The van der Waals surface area contributed by atoms with E-state index in [1.165, 1.54) is 18.2 Å². The Morgan fingerprint density at radius 3 is 2.43 bits per heavy atom. The Bertz CT molecular complexity index is 1150. The SMILES string of the molecule is Cc1[nH]c(C(Nc2nc(F)ccc2Cl)c2ccc(F)c(Cl)c2)nc1S(C)(=O)=O. The van der Waals surface area contributed by atoms with E-state index < -0.39 is 27.6 Å². The Labute approximate surface area is 169 Å². The van der Waals surface area contributed by atoms with Crippen LogP contribution in [0.2, 0.25) is 10.0 Å². The highest BCUT2D eigenvalue weighted by Gasteiger charge is 2.25. The van der Waals surface area contributed by atoms with Crippen molar-refractivity contribution in [1.82, 2.24) is 15.0 Å². The number of aromatic amines is 1. The Balaban J connectivity index is 2.14. The van der Waals surface area contributed by atoms with Gasteiger partial charge in [0.25, 0.3) is 0 Å². The second-order valence-electron chi connectivity index (χ2n) is 6.04. The molecule has 0 radical (unpaired) electrons. The van der Waals surface area contributed by atoms with Crippen LogP contribution in [0.3, 0.4) is 0 Å². The third-order valence-electron chi connectivity index (χ3n) is 3.85. The summed E-state index contributed by atoms with van der Waals surface area (Å²) < 4.78 is 51.0. The van der Waals surface area contributed by atoms with Crippen molar-refractivity contribution in [2.24, 2.45) is 0 Å². The molecule has 0 amide bonds. The maximum Gasteiger partial charge on any atom is 0.214 e. The number of pyridine rings is 1. The molecule has 1 aromatic carbocycles. The quantitative estimate of drug-likeness (QED) is 0.570. The fourth-order valence-corrected chi connectivity index (χ4v) is 3.84. The van der Waals surface area contributed by atoms with Gasteiger partial charge < -0.3 is 10.3 Å². The number of hydrogen-bond donors (Lipinski definition) is 2. The lowest BCUT2D eigenvalue weighted by molar-refractivity contribution is 0.584. The predicted octanol–water partition coefficient (Wildman–Crippen LogP) is 4.30. The van der Waals surface area contributed by atoms with Crippen LogP contribution >= 0.6 is 23.2 Å². The molecule has 0 fully saturated rings. The summed E-state index contributed by atoms with van der Waals surface area (Å²) in [5.74, 6) is -1.21. The maximum absolute atomic E-state index is 13.6. The zero-order valence-corrected chi connectivity index (χ0v) is 16.9. The second-order valence-corrected chi connectivity index (χ2v) is 8.79. The molecular formula is C17H14Cl2F2N4O2S. The number of nitrogens with zero attached hydrogens (tertiary/aromatic N) is 2. The lowest BCUT2D eigenvalue weighted by Crippen LogP contribution is -2.16. The summed E-state index contributed by atoms with van der Waals surface area (Å²) in [6.07, 6.45) is 1.03. The van der Waals surface area contributed by atoms with Crippen LogP contribution in [0.15, 0.2) is 35.4 Å². The van der Waals surface area contributed by atoms with Gasteiger partial charge in [0.05, 0.1) is 15.7 Å². The molecule has 3 aromatic rings. The largest absolute Gasteiger partial charge is 0.355 e. The van der Waals surface area contributed by atoms with Crippen LogP contribution in [-0.4, -0.2) is 29.6 Å². The zero-order valence-electron chi connectivity index (χ0n) is 14.6. The molecule has 11 heteroatoms. The van der Waals surface area contributed by atoms with E-state index in [0.717, 1.165) is 18.4 Å². The monoisotopic (exact) mass is 446 g/mol. The van der Waals surface area contributed by atoms with Crippen molar-refractivity contribution in [1.29, 1.82) is 0 Å². The summed E-state index contributed by atoms with van der Waals surface area (Å²) in [6, 6.07) is 5.48. The van der Waals surface area contributed by atoms with E-state index in [2.05, 4.69) is 20.3 Å². The number of nitrogens with one attached hydrogen (secondary N) is 2. The predicted molar refractivity (Wildman–Crippen MR) is 103 cm³/mol. The molecule has 6 nitrogen and oxygen atoms in total. The number of anilines is 1.